The summed E-state index contributed by atoms with van der Waals surface area (Å²) in [5.41, 5.74) is 2.36. The fourth-order valence-electron chi connectivity index (χ4n) is 2.53. The molecule has 2 heterocycles. The van der Waals surface area contributed by atoms with Crippen LogP contribution >= 0.6 is 11.3 Å². The second kappa shape index (κ2) is 6.20. The van der Waals surface area contributed by atoms with Crippen LogP contribution in [0.3, 0.4) is 0 Å². The molecule has 4 nitrogen and oxygen atoms in total. The first-order valence-electron chi connectivity index (χ1n) is 7.39. The first-order chi connectivity index (χ1) is 11.4. The van der Waals surface area contributed by atoms with Crippen LogP contribution in [0.1, 0.15) is 31.4 Å². The van der Waals surface area contributed by atoms with Crippen LogP contribution in [-0.4, -0.2) is 22.9 Å². The summed E-state index contributed by atoms with van der Waals surface area (Å²) in [6.07, 6.45) is 0. The first-order valence-corrected chi connectivity index (χ1v) is 8.21. The predicted octanol–water partition coefficient (Wildman–Crippen LogP) is 4.04. The fourth-order valence-corrected chi connectivity index (χ4v) is 3.47. The molecule has 0 bridgehead atoms. The normalized spacial score (nSPS) is 11.0. The van der Waals surface area contributed by atoms with Gasteiger partial charge in [-0.05, 0) is 49.6 Å². The van der Waals surface area contributed by atoms with E-state index in [-0.39, 0.29) is 18.2 Å². The summed E-state index contributed by atoms with van der Waals surface area (Å²) in [4.78, 5) is 24.7. The van der Waals surface area contributed by atoms with Crippen molar-refractivity contribution in [2.75, 3.05) is 6.61 Å². The van der Waals surface area contributed by atoms with Crippen LogP contribution in [0.5, 0.6) is 0 Å². The summed E-state index contributed by atoms with van der Waals surface area (Å²) in [6, 6.07) is 7.69. The van der Waals surface area contributed by atoms with Crippen molar-refractivity contribution in [3.05, 3.63) is 58.0 Å². The number of carbonyl (C=O) groups excluding carboxylic acids is 2. The molecule has 0 saturated carbocycles. The first kappa shape index (κ1) is 16.4. The lowest BCUT2D eigenvalue weighted by atomic mass is 10.1. The maximum Gasteiger partial charge on any atom is 0.348 e. The van der Waals surface area contributed by atoms with Crippen LogP contribution in [-0.2, 0) is 11.8 Å². The van der Waals surface area contributed by atoms with E-state index in [4.69, 9.17) is 4.74 Å². The lowest BCUT2D eigenvalue weighted by Gasteiger charge is -2.03. The van der Waals surface area contributed by atoms with Gasteiger partial charge in [-0.25, -0.2) is 9.18 Å². The zero-order chi connectivity index (χ0) is 17.4. The Hall–Kier alpha value is -2.47. The van der Waals surface area contributed by atoms with Gasteiger partial charge in [0.25, 0.3) is 0 Å². The van der Waals surface area contributed by atoms with E-state index in [9.17, 15) is 14.0 Å². The molecule has 0 atom stereocenters. The third-order valence-electron chi connectivity index (χ3n) is 4.09. The second-order valence-electron chi connectivity index (χ2n) is 5.64. The van der Waals surface area contributed by atoms with Gasteiger partial charge in [0.15, 0.2) is 6.61 Å². The molecule has 0 aliphatic rings. The minimum absolute atomic E-state index is 0.239. The van der Waals surface area contributed by atoms with Crippen molar-refractivity contribution in [3.63, 3.8) is 0 Å². The highest BCUT2D eigenvalue weighted by Gasteiger charge is 2.18. The number of ether oxygens (including phenoxy) is 1. The number of fused-ring (bicyclic) bond motifs is 1. The monoisotopic (exact) mass is 345 g/mol. The van der Waals surface area contributed by atoms with Crippen molar-refractivity contribution in [2.45, 2.75) is 13.8 Å². The Morgan fingerprint density at radius 2 is 1.96 bits per heavy atom. The molecule has 2 aromatic heterocycles. The summed E-state index contributed by atoms with van der Waals surface area (Å²) in [5.74, 6) is -1.17. The van der Waals surface area contributed by atoms with Crippen LogP contribution < -0.4 is 0 Å². The van der Waals surface area contributed by atoms with Crippen LogP contribution in [0.4, 0.5) is 4.39 Å². The Bertz CT molecular complexity index is 955. The Balaban J connectivity index is 1.72. The number of esters is 1. The third-order valence-corrected chi connectivity index (χ3v) is 5.19. The summed E-state index contributed by atoms with van der Waals surface area (Å²) in [6.45, 7) is 3.44. The molecule has 0 radical (unpaired) electrons. The van der Waals surface area contributed by atoms with Gasteiger partial charge in [-0.3, -0.25) is 4.79 Å². The lowest BCUT2D eigenvalue weighted by Crippen LogP contribution is -2.14. The number of rotatable bonds is 4. The number of aryl methyl sites for hydroxylation is 1. The topological polar surface area (TPSA) is 48.3 Å². The SMILES string of the molecule is Cc1cc(C(=O)COC(=O)c2cc3cc(F)ccc3s2)c(C)n1C. The second-order valence-corrected chi connectivity index (χ2v) is 6.72. The van der Waals surface area contributed by atoms with Crippen molar-refractivity contribution < 1.29 is 18.7 Å². The van der Waals surface area contributed by atoms with Gasteiger partial charge in [-0.1, -0.05) is 0 Å². The number of carbonyl (C=O) groups is 2. The molecule has 3 aromatic rings. The van der Waals surface area contributed by atoms with Gasteiger partial charge in [-0.15, -0.1) is 11.3 Å². The molecular formula is C18H16FNO3S. The van der Waals surface area contributed by atoms with Gasteiger partial charge >= 0.3 is 5.97 Å². The molecule has 0 amide bonds. The van der Waals surface area contributed by atoms with E-state index in [1.54, 1.807) is 18.2 Å². The molecule has 24 heavy (non-hydrogen) atoms. The van der Waals surface area contributed by atoms with Crippen LogP contribution in [0.15, 0.2) is 30.3 Å². The highest BCUT2D eigenvalue weighted by Crippen LogP contribution is 2.27. The number of nitrogens with zero attached hydrogens (tertiary/aromatic N) is 1. The van der Waals surface area contributed by atoms with Crippen molar-refractivity contribution in [2.24, 2.45) is 7.05 Å². The number of hydrogen-bond donors (Lipinski definition) is 0. The standard InChI is InChI=1S/C18H16FNO3S/c1-10-6-14(11(2)20(10)3)15(21)9-23-18(22)17-8-12-7-13(19)4-5-16(12)24-17/h4-8H,9H2,1-3H3. The molecule has 0 fully saturated rings. The van der Waals surface area contributed by atoms with Crippen molar-refractivity contribution in [1.82, 2.24) is 4.57 Å². The Morgan fingerprint density at radius 3 is 2.62 bits per heavy atom. The average Bonchev–Trinajstić information content (AvgIpc) is 3.08. The van der Waals surface area contributed by atoms with Crippen LogP contribution in [0.2, 0.25) is 0 Å². The quantitative estimate of drug-likeness (QED) is 0.530. The number of ketones is 1. The minimum Gasteiger partial charge on any atom is -0.453 e. The van der Waals surface area contributed by atoms with Gasteiger partial charge < -0.3 is 9.30 Å². The molecule has 0 saturated heterocycles. The smallest absolute Gasteiger partial charge is 0.348 e. The molecule has 0 aliphatic carbocycles. The van der Waals surface area contributed by atoms with Crippen molar-refractivity contribution in [3.8, 4) is 0 Å². The number of aromatic nitrogens is 1. The maximum atomic E-state index is 13.2. The van der Waals surface area contributed by atoms with Gasteiger partial charge in [0.1, 0.15) is 10.7 Å². The maximum absolute atomic E-state index is 13.2. The molecule has 0 N–H and O–H groups in total. The molecule has 124 valence electrons. The van der Waals surface area contributed by atoms with E-state index < -0.39 is 5.97 Å². The van der Waals surface area contributed by atoms with Crippen LogP contribution in [0.25, 0.3) is 10.1 Å². The van der Waals surface area contributed by atoms with Gasteiger partial charge in [0, 0.05) is 28.7 Å². The number of halogens is 1. The Kier molecular flexibility index (Phi) is 4.24. The third kappa shape index (κ3) is 2.97. The van der Waals surface area contributed by atoms with E-state index >= 15 is 0 Å². The highest BCUT2D eigenvalue weighted by molar-refractivity contribution is 7.20. The van der Waals surface area contributed by atoms with Gasteiger partial charge in [0.2, 0.25) is 5.78 Å². The van der Waals surface area contributed by atoms with Gasteiger partial charge in [0.05, 0.1) is 0 Å². The molecule has 3 rings (SSSR count). The summed E-state index contributed by atoms with van der Waals surface area (Å²) < 4.78 is 21.0. The summed E-state index contributed by atoms with van der Waals surface area (Å²) in [5, 5.41) is 0.646. The largest absolute Gasteiger partial charge is 0.453 e. The summed E-state index contributed by atoms with van der Waals surface area (Å²) in [7, 11) is 1.88. The zero-order valence-electron chi connectivity index (χ0n) is 13.6. The predicted molar refractivity (Wildman–Crippen MR) is 91.3 cm³/mol. The lowest BCUT2D eigenvalue weighted by molar-refractivity contribution is 0.0479. The number of thiophene rings is 1. The van der Waals surface area contributed by atoms with E-state index in [0.717, 1.165) is 16.1 Å². The number of benzene rings is 1. The highest BCUT2D eigenvalue weighted by atomic mass is 32.1. The van der Waals surface area contributed by atoms with Crippen molar-refractivity contribution >= 4 is 33.2 Å². The average molecular weight is 345 g/mol. The van der Waals surface area contributed by atoms with E-state index in [1.807, 2.05) is 25.5 Å². The van der Waals surface area contributed by atoms with E-state index in [1.165, 1.54) is 23.5 Å². The number of Topliss-reactive ketones (excluding diaryl/α,β-unsaturated/α-hetero) is 1. The molecule has 0 aliphatic heterocycles. The minimum atomic E-state index is -0.574. The molecule has 0 unspecified atom stereocenters. The molecular weight excluding hydrogens is 329 g/mol. The summed E-state index contributed by atoms with van der Waals surface area (Å²) >= 11 is 1.21. The molecule has 6 heteroatoms. The van der Waals surface area contributed by atoms with E-state index in [2.05, 4.69) is 0 Å². The Labute approximate surface area is 142 Å². The van der Waals surface area contributed by atoms with Crippen molar-refractivity contribution in [1.29, 1.82) is 0 Å². The fraction of sp³-hybridized carbons (Fsp3) is 0.222. The van der Waals surface area contributed by atoms with Gasteiger partial charge in [-0.2, -0.15) is 0 Å². The Morgan fingerprint density at radius 1 is 1.21 bits per heavy atom. The van der Waals surface area contributed by atoms with Crippen LogP contribution in [0, 0.1) is 19.7 Å². The van der Waals surface area contributed by atoms with E-state index in [0.29, 0.717) is 15.8 Å². The number of hydrogen-bond acceptors (Lipinski definition) is 4. The zero-order valence-corrected chi connectivity index (χ0v) is 14.4. The molecule has 1 aromatic carbocycles. The molecule has 0 spiro atoms.